The summed E-state index contributed by atoms with van der Waals surface area (Å²) in [7, 11) is 3.09. The number of fused-ring (bicyclic) bond motifs is 1. The minimum absolute atomic E-state index is 0.320. The lowest BCUT2D eigenvalue weighted by Gasteiger charge is -2.10. The number of hydrogen-bond donors (Lipinski definition) is 1. The van der Waals surface area contributed by atoms with Crippen molar-refractivity contribution in [2.75, 3.05) is 13.7 Å². The SMILES string of the molecule is CCn1c(C(C)N)nc2c1c(=O)n(C)c(=O)n2CCCOC. The van der Waals surface area contributed by atoms with Crippen molar-refractivity contribution in [3.8, 4) is 0 Å². The molecule has 0 fully saturated rings. The summed E-state index contributed by atoms with van der Waals surface area (Å²) >= 11 is 0. The average molecular weight is 309 g/mol. The topological polar surface area (TPSA) is 97.1 Å². The van der Waals surface area contributed by atoms with E-state index in [2.05, 4.69) is 4.98 Å². The van der Waals surface area contributed by atoms with Gasteiger partial charge in [-0.05, 0) is 20.3 Å². The molecule has 2 heterocycles. The molecule has 22 heavy (non-hydrogen) atoms. The number of rotatable bonds is 6. The number of hydrogen-bond acceptors (Lipinski definition) is 5. The van der Waals surface area contributed by atoms with Crippen molar-refractivity contribution in [2.24, 2.45) is 12.8 Å². The Morgan fingerprint density at radius 3 is 2.55 bits per heavy atom. The van der Waals surface area contributed by atoms with Gasteiger partial charge >= 0.3 is 5.69 Å². The first kappa shape index (κ1) is 16.4. The van der Waals surface area contributed by atoms with Crippen LogP contribution in [0, 0.1) is 0 Å². The summed E-state index contributed by atoms with van der Waals surface area (Å²) in [5.74, 6) is 0.612. The lowest BCUT2D eigenvalue weighted by atomic mass is 10.3. The van der Waals surface area contributed by atoms with Crippen molar-refractivity contribution in [3.05, 3.63) is 26.7 Å². The van der Waals surface area contributed by atoms with Crippen molar-refractivity contribution < 1.29 is 4.74 Å². The molecule has 0 spiro atoms. The summed E-state index contributed by atoms with van der Waals surface area (Å²) in [6.07, 6.45) is 0.663. The first-order valence-corrected chi connectivity index (χ1v) is 7.38. The van der Waals surface area contributed by atoms with Gasteiger partial charge in [0.05, 0.1) is 6.04 Å². The normalized spacial score (nSPS) is 13.0. The quantitative estimate of drug-likeness (QED) is 0.756. The van der Waals surface area contributed by atoms with Crippen LogP contribution in [0.2, 0.25) is 0 Å². The van der Waals surface area contributed by atoms with Gasteiger partial charge in [-0.3, -0.25) is 13.9 Å². The number of nitrogens with zero attached hydrogens (tertiary/aromatic N) is 4. The largest absolute Gasteiger partial charge is 0.385 e. The van der Waals surface area contributed by atoms with Gasteiger partial charge in [0.15, 0.2) is 11.2 Å². The van der Waals surface area contributed by atoms with Crippen LogP contribution in [-0.4, -0.2) is 32.4 Å². The third-order valence-corrected chi connectivity index (χ3v) is 3.71. The second-order valence-corrected chi connectivity index (χ2v) is 5.32. The minimum atomic E-state index is -0.370. The maximum Gasteiger partial charge on any atom is 0.332 e. The highest BCUT2D eigenvalue weighted by Crippen LogP contribution is 2.16. The number of methoxy groups -OCH3 is 1. The van der Waals surface area contributed by atoms with E-state index in [1.165, 1.54) is 11.6 Å². The number of aryl methyl sites for hydroxylation is 2. The number of nitrogens with two attached hydrogens (primary N) is 1. The van der Waals surface area contributed by atoms with Gasteiger partial charge in [0.1, 0.15) is 5.82 Å². The van der Waals surface area contributed by atoms with Crippen molar-refractivity contribution >= 4 is 11.2 Å². The van der Waals surface area contributed by atoms with E-state index >= 15 is 0 Å². The zero-order chi connectivity index (χ0) is 16.4. The lowest BCUT2D eigenvalue weighted by Crippen LogP contribution is -2.39. The zero-order valence-electron chi connectivity index (χ0n) is 13.5. The van der Waals surface area contributed by atoms with E-state index in [4.69, 9.17) is 10.5 Å². The predicted octanol–water partition coefficient (Wildman–Crippen LogP) is -0.0272. The molecule has 2 N–H and O–H groups in total. The minimum Gasteiger partial charge on any atom is -0.385 e. The van der Waals surface area contributed by atoms with Crippen LogP contribution in [0.1, 0.15) is 32.1 Å². The molecule has 0 saturated heterocycles. The molecule has 2 aromatic rings. The molecule has 8 nitrogen and oxygen atoms in total. The van der Waals surface area contributed by atoms with Crippen molar-refractivity contribution in [1.29, 1.82) is 0 Å². The van der Waals surface area contributed by atoms with Gasteiger partial charge in [0, 0.05) is 33.9 Å². The van der Waals surface area contributed by atoms with Gasteiger partial charge in [0.25, 0.3) is 5.56 Å². The smallest absolute Gasteiger partial charge is 0.332 e. The standard InChI is InChI=1S/C14H23N5O3/c1-5-18-10-12(16-11(18)9(2)15)19(7-6-8-22-4)14(21)17(3)13(10)20/h9H,5-8,15H2,1-4H3. The van der Waals surface area contributed by atoms with Crippen molar-refractivity contribution in [2.45, 2.75) is 39.4 Å². The van der Waals surface area contributed by atoms with Gasteiger partial charge in [-0.2, -0.15) is 0 Å². The predicted molar refractivity (Wildman–Crippen MR) is 84.0 cm³/mol. The molecule has 0 aromatic carbocycles. The summed E-state index contributed by atoms with van der Waals surface area (Å²) in [6, 6.07) is -0.320. The van der Waals surface area contributed by atoms with Crippen LogP contribution in [-0.2, 0) is 24.9 Å². The fourth-order valence-corrected chi connectivity index (χ4v) is 2.61. The summed E-state index contributed by atoms with van der Waals surface area (Å²) in [5.41, 5.74) is 6.07. The molecule has 1 atom stereocenters. The summed E-state index contributed by atoms with van der Waals surface area (Å²) in [5, 5.41) is 0. The molecular formula is C14H23N5O3. The summed E-state index contributed by atoms with van der Waals surface area (Å²) in [6.45, 7) is 5.28. The highest BCUT2D eigenvalue weighted by Gasteiger charge is 2.20. The molecular weight excluding hydrogens is 286 g/mol. The summed E-state index contributed by atoms with van der Waals surface area (Å²) in [4.78, 5) is 29.3. The van der Waals surface area contributed by atoms with Gasteiger partial charge < -0.3 is 15.0 Å². The highest BCUT2D eigenvalue weighted by atomic mass is 16.5. The number of ether oxygens (including phenoxy) is 1. The van der Waals surface area contributed by atoms with Crippen LogP contribution < -0.4 is 17.0 Å². The van der Waals surface area contributed by atoms with Gasteiger partial charge in [0.2, 0.25) is 0 Å². The fraction of sp³-hybridized carbons (Fsp3) is 0.643. The first-order valence-electron chi connectivity index (χ1n) is 7.38. The molecule has 2 rings (SSSR count). The van der Waals surface area contributed by atoms with Gasteiger partial charge in [-0.25, -0.2) is 9.78 Å². The molecule has 0 aliphatic carbocycles. The van der Waals surface area contributed by atoms with Crippen molar-refractivity contribution in [1.82, 2.24) is 18.7 Å². The maximum absolute atomic E-state index is 12.5. The molecule has 0 aliphatic heterocycles. The Hall–Kier alpha value is -1.93. The van der Waals surface area contributed by atoms with Crippen LogP contribution in [0.3, 0.4) is 0 Å². The second kappa shape index (κ2) is 6.45. The molecule has 2 aromatic heterocycles. The maximum atomic E-state index is 12.5. The molecule has 122 valence electrons. The Bertz CT molecular complexity index is 784. The molecule has 0 radical (unpaired) electrons. The summed E-state index contributed by atoms with van der Waals surface area (Å²) < 4.78 is 9.46. The molecule has 1 unspecified atom stereocenters. The van der Waals surface area contributed by atoms with E-state index in [9.17, 15) is 9.59 Å². The van der Waals surface area contributed by atoms with Crippen LogP contribution in [0.4, 0.5) is 0 Å². The highest BCUT2D eigenvalue weighted by molar-refractivity contribution is 5.71. The Kier molecular flexibility index (Phi) is 4.82. The van der Waals surface area contributed by atoms with E-state index in [1.54, 1.807) is 11.7 Å². The van der Waals surface area contributed by atoms with E-state index < -0.39 is 0 Å². The monoisotopic (exact) mass is 309 g/mol. The third-order valence-electron chi connectivity index (χ3n) is 3.71. The first-order chi connectivity index (χ1) is 10.4. The molecule has 0 amide bonds. The Labute approximate surface area is 128 Å². The Balaban J connectivity index is 2.79. The number of aromatic nitrogens is 4. The van der Waals surface area contributed by atoms with Crippen LogP contribution in [0.5, 0.6) is 0 Å². The van der Waals surface area contributed by atoms with E-state index in [-0.39, 0.29) is 17.3 Å². The molecule has 0 bridgehead atoms. The van der Waals surface area contributed by atoms with E-state index in [0.29, 0.717) is 43.1 Å². The van der Waals surface area contributed by atoms with E-state index in [1.807, 2.05) is 13.8 Å². The molecule has 0 saturated carbocycles. The average Bonchev–Trinajstić information content (AvgIpc) is 2.88. The second-order valence-electron chi connectivity index (χ2n) is 5.32. The molecule has 0 aliphatic rings. The third kappa shape index (κ3) is 2.59. The van der Waals surface area contributed by atoms with Crippen molar-refractivity contribution in [3.63, 3.8) is 0 Å². The lowest BCUT2D eigenvalue weighted by molar-refractivity contribution is 0.190. The van der Waals surface area contributed by atoms with Crippen LogP contribution in [0.15, 0.2) is 9.59 Å². The number of imidazole rings is 1. The zero-order valence-corrected chi connectivity index (χ0v) is 13.5. The van der Waals surface area contributed by atoms with Crippen LogP contribution in [0.25, 0.3) is 11.2 Å². The van der Waals surface area contributed by atoms with Gasteiger partial charge in [-0.15, -0.1) is 0 Å². The van der Waals surface area contributed by atoms with Crippen LogP contribution >= 0.6 is 0 Å². The Morgan fingerprint density at radius 2 is 2.00 bits per heavy atom. The van der Waals surface area contributed by atoms with E-state index in [0.717, 1.165) is 4.57 Å². The molecule has 8 heteroatoms. The van der Waals surface area contributed by atoms with Gasteiger partial charge in [-0.1, -0.05) is 0 Å². The Morgan fingerprint density at radius 1 is 1.32 bits per heavy atom. The fourth-order valence-electron chi connectivity index (χ4n) is 2.61.